The second-order valence-corrected chi connectivity index (χ2v) is 5.16. The van der Waals surface area contributed by atoms with E-state index >= 15 is 0 Å². The lowest BCUT2D eigenvalue weighted by Crippen LogP contribution is -2.25. The molecule has 0 bridgehead atoms. The molecule has 1 heterocycles. The molecule has 0 aliphatic rings. The lowest BCUT2D eigenvalue weighted by Gasteiger charge is -2.12. The summed E-state index contributed by atoms with van der Waals surface area (Å²) in [5.41, 5.74) is 8.64. The molecule has 0 saturated heterocycles. The number of aryl methyl sites for hydroxylation is 1. The van der Waals surface area contributed by atoms with Crippen LogP contribution in [0.2, 0.25) is 0 Å². The molecule has 1 atom stereocenters. The zero-order valence-corrected chi connectivity index (χ0v) is 12.0. The summed E-state index contributed by atoms with van der Waals surface area (Å²) in [6.07, 6.45) is 2.45. The Bertz CT molecular complexity index is 572. The monoisotopic (exact) mass is 271 g/mol. The Morgan fingerprint density at radius 3 is 2.60 bits per heavy atom. The van der Waals surface area contributed by atoms with E-state index in [4.69, 9.17) is 5.73 Å². The minimum atomic E-state index is 0.0653. The Morgan fingerprint density at radius 2 is 2.00 bits per heavy atom. The zero-order chi connectivity index (χ0) is 14.5. The molecule has 3 N–H and O–H groups in total. The van der Waals surface area contributed by atoms with Crippen molar-refractivity contribution in [3.8, 4) is 0 Å². The van der Waals surface area contributed by atoms with E-state index in [1.165, 1.54) is 0 Å². The molecule has 2 aromatic rings. The molecule has 0 fully saturated rings. The van der Waals surface area contributed by atoms with Crippen molar-refractivity contribution in [2.45, 2.75) is 25.8 Å². The van der Waals surface area contributed by atoms with Gasteiger partial charge in [0.1, 0.15) is 0 Å². The lowest BCUT2D eigenvalue weighted by molar-refractivity contribution is -0.121. The number of anilines is 1. The zero-order valence-electron chi connectivity index (χ0n) is 12.0. The number of carbonyl (C=O) groups excluding carboxylic acids is 1. The van der Waals surface area contributed by atoms with Crippen molar-refractivity contribution in [1.82, 2.24) is 9.88 Å². The van der Waals surface area contributed by atoms with Gasteiger partial charge in [0.05, 0.1) is 6.54 Å². The van der Waals surface area contributed by atoms with Gasteiger partial charge in [-0.1, -0.05) is 19.1 Å². The van der Waals surface area contributed by atoms with Crippen molar-refractivity contribution in [1.29, 1.82) is 0 Å². The normalized spacial score (nSPS) is 12.1. The summed E-state index contributed by atoms with van der Waals surface area (Å²) in [5, 5.41) is 2.95. The number of rotatable bonds is 5. The third-order valence-corrected chi connectivity index (χ3v) is 3.52. The van der Waals surface area contributed by atoms with Crippen molar-refractivity contribution in [3.63, 3.8) is 0 Å². The van der Waals surface area contributed by atoms with Crippen LogP contribution < -0.4 is 11.1 Å². The molecule has 1 aromatic heterocycles. The fourth-order valence-corrected chi connectivity index (χ4v) is 2.16. The molecule has 1 unspecified atom stereocenters. The van der Waals surface area contributed by atoms with Gasteiger partial charge in [-0.05, 0) is 35.7 Å². The predicted molar refractivity (Wildman–Crippen MR) is 81.1 cm³/mol. The van der Waals surface area contributed by atoms with Crippen LogP contribution in [0.1, 0.15) is 30.5 Å². The van der Waals surface area contributed by atoms with Gasteiger partial charge >= 0.3 is 0 Å². The molecule has 0 spiro atoms. The van der Waals surface area contributed by atoms with E-state index in [9.17, 15) is 4.79 Å². The van der Waals surface area contributed by atoms with Crippen LogP contribution in [-0.4, -0.2) is 10.5 Å². The first-order chi connectivity index (χ1) is 9.56. The van der Waals surface area contributed by atoms with E-state index in [1.807, 2.05) is 61.1 Å². The standard InChI is InChI=1S/C16H21N3O/c1-12(13-5-7-14(17)8-6-13)10-16(20)18-11-15-4-3-9-19(15)2/h3-9,12H,10-11,17H2,1-2H3,(H,18,20). The number of benzene rings is 1. The van der Waals surface area contributed by atoms with Crippen LogP contribution >= 0.6 is 0 Å². The summed E-state index contributed by atoms with van der Waals surface area (Å²) < 4.78 is 2.00. The van der Waals surface area contributed by atoms with E-state index in [1.54, 1.807) is 0 Å². The van der Waals surface area contributed by atoms with Crippen LogP contribution in [0.4, 0.5) is 5.69 Å². The average molecular weight is 271 g/mol. The number of nitrogen functional groups attached to an aromatic ring is 1. The summed E-state index contributed by atoms with van der Waals surface area (Å²) in [6, 6.07) is 11.7. The second-order valence-electron chi connectivity index (χ2n) is 5.16. The van der Waals surface area contributed by atoms with E-state index in [0.29, 0.717) is 13.0 Å². The minimum absolute atomic E-state index is 0.0653. The SMILES string of the molecule is CC(CC(=O)NCc1cccn1C)c1ccc(N)cc1. The second kappa shape index (κ2) is 6.28. The summed E-state index contributed by atoms with van der Waals surface area (Å²) in [7, 11) is 1.97. The van der Waals surface area contributed by atoms with Crippen molar-refractivity contribution in [2.24, 2.45) is 7.05 Å². The van der Waals surface area contributed by atoms with E-state index in [0.717, 1.165) is 16.9 Å². The molecular formula is C16H21N3O. The Labute approximate surface area is 119 Å². The first-order valence-corrected chi connectivity index (χ1v) is 6.78. The Balaban J connectivity index is 1.85. The smallest absolute Gasteiger partial charge is 0.220 e. The van der Waals surface area contributed by atoms with E-state index in [2.05, 4.69) is 5.32 Å². The molecule has 106 valence electrons. The topological polar surface area (TPSA) is 60.0 Å². The van der Waals surface area contributed by atoms with Crippen molar-refractivity contribution in [3.05, 3.63) is 53.9 Å². The van der Waals surface area contributed by atoms with Gasteiger partial charge in [0.25, 0.3) is 0 Å². The quantitative estimate of drug-likeness (QED) is 0.820. The highest BCUT2D eigenvalue weighted by molar-refractivity contribution is 5.76. The van der Waals surface area contributed by atoms with Gasteiger partial charge < -0.3 is 15.6 Å². The molecule has 1 aromatic carbocycles. The molecule has 0 radical (unpaired) electrons. The van der Waals surface area contributed by atoms with Gasteiger partial charge in [0.2, 0.25) is 5.91 Å². The van der Waals surface area contributed by atoms with E-state index in [-0.39, 0.29) is 11.8 Å². The number of hydrogen-bond acceptors (Lipinski definition) is 2. The Morgan fingerprint density at radius 1 is 1.30 bits per heavy atom. The number of carbonyl (C=O) groups is 1. The van der Waals surface area contributed by atoms with Gasteiger partial charge in [-0.25, -0.2) is 0 Å². The van der Waals surface area contributed by atoms with Crippen LogP contribution in [0.3, 0.4) is 0 Å². The first kappa shape index (κ1) is 14.2. The maximum atomic E-state index is 12.0. The van der Waals surface area contributed by atoms with Crippen LogP contribution in [0.25, 0.3) is 0 Å². The average Bonchev–Trinajstić information content (AvgIpc) is 2.82. The van der Waals surface area contributed by atoms with Crippen LogP contribution in [0.5, 0.6) is 0 Å². The predicted octanol–water partition coefficient (Wildman–Crippen LogP) is 2.42. The number of nitrogens with two attached hydrogens (primary N) is 1. The van der Waals surface area contributed by atoms with Gasteiger partial charge in [-0.2, -0.15) is 0 Å². The number of hydrogen-bond donors (Lipinski definition) is 2. The highest BCUT2D eigenvalue weighted by Gasteiger charge is 2.11. The van der Waals surface area contributed by atoms with Crippen LogP contribution in [-0.2, 0) is 18.4 Å². The van der Waals surface area contributed by atoms with Gasteiger partial charge in [-0.15, -0.1) is 0 Å². The van der Waals surface area contributed by atoms with Crippen molar-refractivity contribution >= 4 is 11.6 Å². The molecule has 2 rings (SSSR count). The third-order valence-electron chi connectivity index (χ3n) is 3.52. The highest BCUT2D eigenvalue weighted by Crippen LogP contribution is 2.19. The number of nitrogens with one attached hydrogen (secondary N) is 1. The molecule has 0 saturated carbocycles. The fourth-order valence-electron chi connectivity index (χ4n) is 2.16. The maximum Gasteiger partial charge on any atom is 0.220 e. The highest BCUT2D eigenvalue weighted by atomic mass is 16.1. The summed E-state index contributed by atoms with van der Waals surface area (Å²) in [5.74, 6) is 0.250. The number of aromatic nitrogens is 1. The van der Waals surface area contributed by atoms with Crippen LogP contribution in [0, 0.1) is 0 Å². The largest absolute Gasteiger partial charge is 0.399 e. The van der Waals surface area contributed by atoms with Gasteiger partial charge in [0.15, 0.2) is 0 Å². The van der Waals surface area contributed by atoms with Crippen molar-refractivity contribution < 1.29 is 4.79 Å². The lowest BCUT2D eigenvalue weighted by atomic mass is 9.97. The molecule has 4 heteroatoms. The molecule has 20 heavy (non-hydrogen) atoms. The third kappa shape index (κ3) is 3.63. The maximum absolute atomic E-state index is 12.0. The summed E-state index contributed by atoms with van der Waals surface area (Å²) in [6.45, 7) is 2.62. The molecular weight excluding hydrogens is 250 g/mol. The fraction of sp³-hybridized carbons (Fsp3) is 0.312. The van der Waals surface area contributed by atoms with E-state index < -0.39 is 0 Å². The molecule has 0 aliphatic heterocycles. The molecule has 4 nitrogen and oxygen atoms in total. The van der Waals surface area contributed by atoms with Crippen LogP contribution in [0.15, 0.2) is 42.6 Å². The first-order valence-electron chi connectivity index (χ1n) is 6.78. The Hall–Kier alpha value is -2.23. The van der Waals surface area contributed by atoms with Crippen molar-refractivity contribution in [2.75, 3.05) is 5.73 Å². The molecule has 1 amide bonds. The Kier molecular flexibility index (Phi) is 4.45. The number of nitrogens with zero attached hydrogens (tertiary/aromatic N) is 1. The summed E-state index contributed by atoms with van der Waals surface area (Å²) in [4.78, 5) is 12.0. The summed E-state index contributed by atoms with van der Waals surface area (Å²) >= 11 is 0. The minimum Gasteiger partial charge on any atom is -0.399 e. The molecule has 0 aliphatic carbocycles. The van der Waals surface area contributed by atoms with Gasteiger partial charge in [0, 0.05) is 31.0 Å². The number of amides is 1. The van der Waals surface area contributed by atoms with Gasteiger partial charge in [-0.3, -0.25) is 4.79 Å².